The Morgan fingerprint density at radius 2 is 0.393 bits per heavy atom. The summed E-state index contributed by atoms with van der Waals surface area (Å²) < 4.78 is 0. The second kappa shape index (κ2) is 25.4. The van der Waals surface area contributed by atoms with Crippen LogP contribution in [0.3, 0.4) is 0 Å². The zero-order valence-electron chi connectivity index (χ0n) is 15.6. The van der Waals surface area contributed by atoms with Crippen LogP contribution in [0.2, 0.25) is 0 Å². The third-order valence-electron chi connectivity index (χ3n) is 1.000. The Bertz CT molecular complexity index is 363. The van der Waals surface area contributed by atoms with Crippen LogP contribution < -0.4 is 0 Å². The molecule has 0 bridgehead atoms. The van der Waals surface area contributed by atoms with Crippen LogP contribution >= 0.6 is 26.9 Å². The standard InChI is InChI=1S/2C4H10.4H3O3PS/c2*1-3-4-2;4*1-4(2,3)5/h2*3-4H2,1-2H3;4*(H3,1,2,3,5). The van der Waals surface area contributed by atoms with E-state index < -0.39 is 26.9 Å². The number of rotatable bonds is 2. The molecule has 0 atom stereocenters. The molecule has 20 heteroatoms. The molecule has 0 fully saturated rings. The summed E-state index contributed by atoms with van der Waals surface area (Å²) in [5.41, 5.74) is 0. The highest BCUT2D eigenvalue weighted by molar-refractivity contribution is 8.07. The summed E-state index contributed by atoms with van der Waals surface area (Å²) in [6, 6.07) is 0. The van der Waals surface area contributed by atoms with E-state index in [1.165, 1.54) is 25.7 Å². The van der Waals surface area contributed by atoms with Gasteiger partial charge in [0.2, 0.25) is 0 Å². The van der Waals surface area contributed by atoms with Crippen LogP contribution in [0.5, 0.6) is 0 Å². The molecule has 0 radical (unpaired) electrons. The molecule has 0 aliphatic rings. The maximum atomic E-state index is 7.56. The van der Waals surface area contributed by atoms with E-state index in [2.05, 4.69) is 74.9 Å². The lowest BCUT2D eigenvalue weighted by Crippen LogP contribution is -1.65. The quantitative estimate of drug-likeness (QED) is 0.200. The fourth-order valence-corrected chi connectivity index (χ4v) is 0. The lowest BCUT2D eigenvalue weighted by Gasteiger charge is -1.88. The van der Waals surface area contributed by atoms with Gasteiger partial charge in [-0.05, 0) is 47.2 Å². The summed E-state index contributed by atoms with van der Waals surface area (Å²) >= 11 is 14.4. The van der Waals surface area contributed by atoms with Crippen molar-refractivity contribution in [1.82, 2.24) is 0 Å². The third kappa shape index (κ3) is 1220. The highest BCUT2D eigenvalue weighted by Crippen LogP contribution is 2.27. The van der Waals surface area contributed by atoms with Gasteiger partial charge >= 0.3 is 26.9 Å². The first kappa shape index (κ1) is 43.9. The third-order valence-corrected chi connectivity index (χ3v) is 1.000. The van der Waals surface area contributed by atoms with Crippen molar-refractivity contribution in [3.05, 3.63) is 0 Å². The summed E-state index contributed by atoms with van der Waals surface area (Å²) in [4.78, 5) is 90.7. The predicted molar refractivity (Wildman–Crippen MR) is 125 cm³/mol. The van der Waals surface area contributed by atoms with Crippen LogP contribution in [-0.4, -0.2) is 58.7 Å². The van der Waals surface area contributed by atoms with Gasteiger partial charge in [-0.3, -0.25) is 0 Å². The first-order valence-corrected chi connectivity index (χ1v) is 17.6. The van der Waals surface area contributed by atoms with E-state index in [0.717, 1.165) is 0 Å². The Kier molecular flexibility index (Phi) is 39.8. The Hall–Kier alpha value is 2.12. The molecular formula is C8H32O12P4S4. The van der Waals surface area contributed by atoms with E-state index in [9.17, 15) is 0 Å². The molecule has 0 rings (SSSR count). The van der Waals surface area contributed by atoms with Crippen LogP contribution in [0.25, 0.3) is 0 Å². The van der Waals surface area contributed by atoms with Crippen LogP contribution in [0, 0.1) is 0 Å². The number of hydrogen-bond donors (Lipinski definition) is 12. The molecule has 28 heavy (non-hydrogen) atoms. The zero-order valence-corrected chi connectivity index (χ0v) is 22.5. The fraction of sp³-hybridized carbons (Fsp3) is 1.00. The van der Waals surface area contributed by atoms with Gasteiger partial charge in [0.1, 0.15) is 0 Å². The molecule has 0 unspecified atom stereocenters. The van der Waals surface area contributed by atoms with Gasteiger partial charge in [-0.25, -0.2) is 0 Å². The molecule has 0 aliphatic carbocycles. The van der Waals surface area contributed by atoms with Crippen molar-refractivity contribution in [1.29, 1.82) is 0 Å². The van der Waals surface area contributed by atoms with Crippen LogP contribution in [-0.2, 0) is 47.2 Å². The lowest BCUT2D eigenvalue weighted by molar-refractivity contribution is 0.361. The molecule has 0 aromatic heterocycles. The molecule has 12 N–H and O–H groups in total. The van der Waals surface area contributed by atoms with Crippen LogP contribution in [0.1, 0.15) is 53.4 Å². The molecular weight excluding hydrogens is 540 g/mol. The largest absolute Gasteiger partial charge is 0.325 e. The van der Waals surface area contributed by atoms with Gasteiger partial charge in [-0.1, -0.05) is 53.4 Å². The van der Waals surface area contributed by atoms with Gasteiger partial charge in [-0.2, -0.15) is 0 Å². The van der Waals surface area contributed by atoms with E-state index >= 15 is 0 Å². The monoisotopic (exact) mass is 572 g/mol. The molecule has 0 aromatic rings. The Labute approximate surface area is 185 Å². The second-order valence-electron chi connectivity index (χ2n) is 4.05. The minimum atomic E-state index is -3.81. The predicted octanol–water partition coefficient (Wildman–Crippen LogP) is 0.364. The summed E-state index contributed by atoms with van der Waals surface area (Å²) in [7, 11) is 0. The minimum Gasteiger partial charge on any atom is -0.325 e. The highest BCUT2D eigenvalue weighted by Gasteiger charge is 1.93. The van der Waals surface area contributed by atoms with Crippen molar-refractivity contribution >= 4 is 74.1 Å². The molecule has 0 aromatic carbocycles. The Morgan fingerprint density at radius 1 is 0.357 bits per heavy atom. The van der Waals surface area contributed by atoms with Crippen molar-refractivity contribution in [2.75, 3.05) is 0 Å². The van der Waals surface area contributed by atoms with E-state index in [1.807, 2.05) is 0 Å². The SMILES string of the molecule is CCCC.CCCC.OP(O)(O)=S.OP(O)(O)=S.OP(O)(O)=S.OP(O)(O)=S. The van der Waals surface area contributed by atoms with Crippen molar-refractivity contribution in [3.63, 3.8) is 0 Å². The topological polar surface area (TPSA) is 243 Å². The average molecular weight is 572 g/mol. The van der Waals surface area contributed by atoms with Crippen molar-refractivity contribution < 1.29 is 58.7 Å². The van der Waals surface area contributed by atoms with Gasteiger partial charge < -0.3 is 58.7 Å². The second-order valence-corrected chi connectivity index (χ2v) is 14.0. The molecule has 180 valence electrons. The van der Waals surface area contributed by atoms with Gasteiger partial charge in [-0.15, -0.1) is 0 Å². The maximum Gasteiger partial charge on any atom is 0.319 e. The summed E-state index contributed by atoms with van der Waals surface area (Å²) in [5, 5.41) is 0. The molecule has 0 amide bonds. The normalized spacial score (nSPS) is 10.6. The molecule has 0 spiro atoms. The van der Waals surface area contributed by atoms with Crippen molar-refractivity contribution in [2.24, 2.45) is 0 Å². The first-order chi connectivity index (χ1) is 11.8. The molecule has 0 aliphatic heterocycles. The number of hydrogen-bond acceptors (Lipinski definition) is 4. The summed E-state index contributed by atoms with van der Waals surface area (Å²) in [6.07, 6.45) is 5.28. The molecule has 0 saturated carbocycles. The minimum absolute atomic E-state index is 1.32. The molecule has 0 saturated heterocycles. The van der Waals surface area contributed by atoms with Crippen LogP contribution in [0.15, 0.2) is 0 Å². The van der Waals surface area contributed by atoms with E-state index in [-0.39, 0.29) is 0 Å². The van der Waals surface area contributed by atoms with Crippen molar-refractivity contribution in [3.8, 4) is 0 Å². The molecule has 12 nitrogen and oxygen atoms in total. The van der Waals surface area contributed by atoms with Gasteiger partial charge in [0.05, 0.1) is 0 Å². The Balaban J connectivity index is -0.0000000520. The highest BCUT2D eigenvalue weighted by atomic mass is 32.5. The first-order valence-electron chi connectivity index (χ1n) is 6.96. The summed E-state index contributed by atoms with van der Waals surface area (Å²) in [6.45, 7) is -6.50. The molecule has 0 heterocycles. The van der Waals surface area contributed by atoms with E-state index in [1.54, 1.807) is 0 Å². The fourth-order valence-electron chi connectivity index (χ4n) is 0. The maximum absolute atomic E-state index is 7.56. The van der Waals surface area contributed by atoms with E-state index in [4.69, 9.17) is 58.7 Å². The van der Waals surface area contributed by atoms with Crippen molar-refractivity contribution in [2.45, 2.75) is 53.4 Å². The zero-order chi connectivity index (χ0) is 24.8. The van der Waals surface area contributed by atoms with Gasteiger partial charge in [0, 0.05) is 0 Å². The lowest BCUT2D eigenvalue weighted by atomic mass is 10.4. The van der Waals surface area contributed by atoms with Crippen LogP contribution in [0.4, 0.5) is 0 Å². The van der Waals surface area contributed by atoms with E-state index in [0.29, 0.717) is 0 Å². The summed E-state index contributed by atoms with van der Waals surface area (Å²) in [5.74, 6) is 0. The number of unbranched alkanes of at least 4 members (excludes halogenated alkanes) is 2. The average Bonchev–Trinajstić information content (AvgIpc) is 2.30. The smallest absolute Gasteiger partial charge is 0.319 e. The van der Waals surface area contributed by atoms with Gasteiger partial charge in [0.15, 0.2) is 0 Å². The van der Waals surface area contributed by atoms with Gasteiger partial charge in [0.25, 0.3) is 0 Å². The Morgan fingerprint density at radius 3 is 0.393 bits per heavy atom.